The number of nitrogens with one attached hydrogen (secondary N) is 1. The van der Waals surface area contributed by atoms with Crippen molar-refractivity contribution in [3.05, 3.63) is 66.5 Å². The summed E-state index contributed by atoms with van der Waals surface area (Å²) >= 11 is 0. The number of furan rings is 1. The van der Waals surface area contributed by atoms with Gasteiger partial charge in [-0.25, -0.2) is 13.4 Å². The quantitative estimate of drug-likeness (QED) is 0.740. The molecule has 0 fully saturated rings. The molecule has 0 spiro atoms. The Balaban J connectivity index is 1.81. The van der Waals surface area contributed by atoms with Gasteiger partial charge < -0.3 is 9.52 Å². The second-order valence-corrected chi connectivity index (χ2v) is 6.53. The van der Waals surface area contributed by atoms with E-state index in [1.165, 1.54) is 42.7 Å². The third kappa shape index (κ3) is 3.22. The zero-order chi connectivity index (χ0) is 16.3. The number of aliphatic hydroxyl groups is 1. The van der Waals surface area contributed by atoms with E-state index < -0.39 is 15.9 Å². The molecule has 0 saturated carbocycles. The second-order valence-electron chi connectivity index (χ2n) is 4.65. The Kier molecular flexibility index (Phi) is 4.09. The van der Waals surface area contributed by atoms with Gasteiger partial charge in [0.05, 0.1) is 4.90 Å². The molecule has 0 amide bonds. The maximum Gasteiger partial charge on any atom is 0.239 e. The highest BCUT2D eigenvalue weighted by molar-refractivity contribution is 7.91. The number of nitrogens with zero attached hydrogens (tertiary/aromatic N) is 2. The normalized spacial score (nSPS) is 13.4. The van der Waals surface area contributed by atoms with E-state index in [1.807, 2.05) is 0 Å². The van der Waals surface area contributed by atoms with Crippen LogP contribution in [-0.2, 0) is 9.84 Å². The molecule has 23 heavy (non-hydrogen) atoms. The molecular formula is C15H13N3O4S. The highest BCUT2D eigenvalue weighted by Crippen LogP contribution is 2.23. The minimum Gasteiger partial charge on any atom is -0.445 e. The average molecular weight is 331 g/mol. The van der Waals surface area contributed by atoms with Gasteiger partial charge in [-0.15, -0.1) is 0 Å². The SMILES string of the molecule is O=S(=O)(c1ccccc1)c1ccc(C=CC(O)c2ncn[nH]2)o1. The third-order valence-electron chi connectivity index (χ3n) is 3.08. The van der Waals surface area contributed by atoms with E-state index in [0.717, 1.165) is 0 Å². The molecule has 3 rings (SSSR count). The Morgan fingerprint density at radius 2 is 1.96 bits per heavy atom. The molecule has 8 heteroatoms. The first-order chi connectivity index (χ1) is 11.1. The van der Waals surface area contributed by atoms with E-state index in [0.29, 0.717) is 5.76 Å². The summed E-state index contributed by atoms with van der Waals surface area (Å²) in [6.45, 7) is 0. The summed E-state index contributed by atoms with van der Waals surface area (Å²) in [5.74, 6) is 0.586. The molecule has 2 aromatic heterocycles. The lowest BCUT2D eigenvalue weighted by Crippen LogP contribution is -1.99. The molecule has 1 unspecified atom stereocenters. The largest absolute Gasteiger partial charge is 0.445 e. The van der Waals surface area contributed by atoms with Crippen LogP contribution in [0.3, 0.4) is 0 Å². The number of sulfone groups is 1. The Morgan fingerprint density at radius 1 is 1.17 bits per heavy atom. The molecule has 3 aromatic rings. The fourth-order valence-electron chi connectivity index (χ4n) is 1.92. The maximum atomic E-state index is 12.4. The smallest absolute Gasteiger partial charge is 0.239 e. The number of rotatable bonds is 5. The van der Waals surface area contributed by atoms with Gasteiger partial charge in [-0.2, -0.15) is 5.10 Å². The number of benzene rings is 1. The number of aromatic nitrogens is 3. The van der Waals surface area contributed by atoms with Gasteiger partial charge in [0.15, 0.2) is 5.82 Å². The van der Waals surface area contributed by atoms with Gasteiger partial charge in [0.25, 0.3) is 0 Å². The van der Waals surface area contributed by atoms with Crippen LogP contribution in [0.1, 0.15) is 17.7 Å². The van der Waals surface area contributed by atoms with Crippen molar-refractivity contribution in [1.29, 1.82) is 0 Å². The monoisotopic (exact) mass is 331 g/mol. The number of hydrogen-bond acceptors (Lipinski definition) is 6. The molecule has 2 heterocycles. The van der Waals surface area contributed by atoms with E-state index in [9.17, 15) is 13.5 Å². The first-order valence-electron chi connectivity index (χ1n) is 6.69. The zero-order valence-electron chi connectivity index (χ0n) is 11.8. The molecule has 118 valence electrons. The van der Waals surface area contributed by atoms with Gasteiger partial charge in [-0.3, -0.25) is 5.10 Å². The maximum absolute atomic E-state index is 12.4. The van der Waals surface area contributed by atoms with E-state index in [-0.39, 0.29) is 15.8 Å². The predicted octanol–water partition coefficient (Wildman–Crippen LogP) is 1.98. The molecule has 7 nitrogen and oxygen atoms in total. The van der Waals surface area contributed by atoms with Gasteiger partial charge in [-0.05, 0) is 36.4 Å². The summed E-state index contributed by atoms with van der Waals surface area (Å²) in [7, 11) is -3.69. The highest BCUT2D eigenvalue weighted by Gasteiger charge is 2.21. The molecule has 0 aliphatic rings. The number of aliphatic hydroxyl groups excluding tert-OH is 1. The van der Waals surface area contributed by atoms with Crippen molar-refractivity contribution in [2.75, 3.05) is 0 Å². The summed E-state index contributed by atoms with van der Waals surface area (Å²) in [4.78, 5) is 3.98. The standard InChI is InChI=1S/C15H13N3O4S/c19-13(15-16-10-17-18-15)8-6-11-7-9-14(22-11)23(20,21)12-4-2-1-3-5-12/h1-10,13,19H,(H,16,17,18). The van der Waals surface area contributed by atoms with Gasteiger partial charge in [0.1, 0.15) is 18.2 Å². The second kappa shape index (κ2) is 6.19. The molecule has 0 bridgehead atoms. The molecule has 1 atom stereocenters. The van der Waals surface area contributed by atoms with E-state index in [1.54, 1.807) is 18.2 Å². The summed E-state index contributed by atoms with van der Waals surface area (Å²) in [6.07, 6.45) is 3.18. The van der Waals surface area contributed by atoms with E-state index in [4.69, 9.17) is 4.42 Å². The van der Waals surface area contributed by atoms with Gasteiger partial charge in [0, 0.05) is 0 Å². The van der Waals surface area contributed by atoms with Crippen LogP contribution in [-0.4, -0.2) is 28.7 Å². The van der Waals surface area contributed by atoms with Crippen LogP contribution in [0.15, 0.2) is 69.3 Å². The van der Waals surface area contributed by atoms with Crippen LogP contribution >= 0.6 is 0 Å². The summed E-state index contributed by atoms with van der Waals surface area (Å²) in [6, 6.07) is 10.9. The van der Waals surface area contributed by atoms with Gasteiger partial charge in [0.2, 0.25) is 14.9 Å². The Labute approximate surface area is 132 Å². The average Bonchev–Trinajstić information content (AvgIpc) is 3.25. The number of H-pyrrole nitrogens is 1. The fraction of sp³-hybridized carbons (Fsp3) is 0.0667. The first-order valence-corrected chi connectivity index (χ1v) is 8.17. The minimum atomic E-state index is -3.69. The Morgan fingerprint density at radius 3 is 2.65 bits per heavy atom. The lowest BCUT2D eigenvalue weighted by molar-refractivity contribution is 0.219. The lowest BCUT2D eigenvalue weighted by Gasteiger charge is -2.00. The van der Waals surface area contributed by atoms with E-state index >= 15 is 0 Å². The first kappa shape index (κ1) is 15.2. The van der Waals surface area contributed by atoms with Crippen molar-refractivity contribution in [2.45, 2.75) is 16.1 Å². The minimum absolute atomic E-state index is 0.155. The molecule has 0 aliphatic carbocycles. The van der Waals surface area contributed by atoms with Crippen LogP contribution in [0.25, 0.3) is 6.08 Å². The van der Waals surface area contributed by atoms with E-state index in [2.05, 4.69) is 15.2 Å². The molecule has 0 aliphatic heterocycles. The van der Waals surface area contributed by atoms with Crippen LogP contribution in [0.5, 0.6) is 0 Å². The Hall–Kier alpha value is -2.71. The molecule has 2 N–H and O–H groups in total. The van der Waals surface area contributed by atoms with Crippen LogP contribution in [0.2, 0.25) is 0 Å². The van der Waals surface area contributed by atoms with Crippen LogP contribution in [0, 0.1) is 0 Å². The summed E-state index contributed by atoms with van der Waals surface area (Å²) < 4.78 is 30.1. The van der Waals surface area contributed by atoms with Gasteiger partial charge >= 0.3 is 0 Å². The Bertz CT molecular complexity index is 899. The molecule has 1 aromatic carbocycles. The predicted molar refractivity (Wildman–Crippen MR) is 81.0 cm³/mol. The van der Waals surface area contributed by atoms with Crippen molar-refractivity contribution >= 4 is 15.9 Å². The van der Waals surface area contributed by atoms with Crippen molar-refractivity contribution in [1.82, 2.24) is 15.2 Å². The molecular weight excluding hydrogens is 318 g/mol. The van der Waals surface area contributed by atoms with Crippen molar-refractivity contribution < 1.29 is 17.9 Å². The van der Waals surface area contributed by atoms with Crippen molar-refractivity contribution in [3.8, 4) is 0 Å². The van der Waals surface area contributed by atoms with Gasteiger partial charge in [-0.1, -0.05) is 18.2 Å². The number of hydrogen-bond donors (Lipinski definition) is 2. The van der Waals surface area contributed by atoms with Crippen molar-refractivity contribution in [2.24, 2.45) is 0 Å². The summed E-state index contributed by atoms with van der Waals surface area (Å²) in [5, 5.41) is 15.9. The lowest BCUT2D eigenvalue weighted by atomic mass is 10.3. The third-order valence-corrected chi connectivity index (χ3v) is 4.72. The number of aromatic amines is 1. The van der Waals surface area contributed by atoms with Crippen molar-refractivity contribution in [3.63, 3.8) is 0 Å². The topological polar surface area (TPSA) is 109 Å². The molecule has 0 radical (unpaired) electrons. The molecule has 0 saturated heterocycles. The zero-order valence-corrected chi connectivity index (χ0v) is 12.6. The van der Waals surface area contributed by atoms with Crippen LogP contribution in [0.4, 0.5) is 0 Å². The fourth-order valence-corrected chi connectivity index (χ4v) is 3.12. The van der Waals surface area contributed by atoms with Crippen LogP contribution < -0.4 is 0 Å². The highest BCUT2D eigenvalue weighted by atomic mass is 32.2. The summed E-state index contributed by atoms with van der Waals surface area (Å²) in [5.41, 5.74) is 0.